The van der Waals surface area contributed by atoms with Crippen molar-refractivity contribution in [2.24, 2.45) is 5.92 Å². The van der Waals surface area contributed by atoms with Crippen LogP contribution in [0.2, 0.25) is 5.02 Å². The maximum atomic E-state index is 6.23. The van der Waals surface area contributed by atoms with E-state index in [0.29, 0.717) is 12.0 Å². The Morgan fingerprint density at radius 3 is 2.95 bits per heavy atom. The van der Waals surface area contributed by atoms with Crippen LogP contribution >= 0.6 is 27.5 Å². The second-order valence-electron chi connectivity index (χ2n) is 5.35. The van der Waals surface area contributed by atoms with Gasteiger partial charge >= 0.3 is 0 Å². The molecule has 1 fully saturated rings. The summed E-state index contributed by atoms with van der Waals surface area (Å²) in [6.45, 7) is 5.57. The van der Waals surface area contributed by atoms with Gasteiger partial charge in [0.1, 0.15) is 0 Å². The number of hydrogen-bond acceptors (Lipinski definition) is 2. The summed E-state index contributed by atoms with van der Waals surface area (Å²) >= 11 is 9.70. The maximum Gasteiger partial charge on any atom is 0.0551 e. The molecule has 0 aromatic heterocycles. The second-order valence-corrected chi connectivity index (χ2v) is 6.61. The number of nitrogens with one attached hydrogen (secondary N) is 1. The topological polar surface area (TPSA) is 15.3 Å². The summed E-state index contributed by atoms with van der Waals surface area (Å²) in [6.07, 6.45) is 2.45. The number of rotatable bonds is 5. The Labute approximate surface area is 129 Å². The van der Waals surface area contributed by atoms with Crippen LogP contribution in [0.5, 0.6) is 0 Å². The van der Waals surface area contributed by atoms with E-state index in [4.69, 9.17) is 11.6 Å². The van der Waals surface area contributed by atoms with Crippen LogP contribution in [-0.2, 0) is 0 Å². The van der Waals surface area contributed by atoms with Crippen LogP contribution in [0.4, 0.5) is 0 Å². The van der Waals surface area contributed by atoms with Crippen LogP contribution < -0.4 is 5.32 Å². The minimum absolute atomic E-state index is 0.481. The highest BCUT2D eigenvalue weighted by Gasteiger charge is 2.32. The van der Waals surface area contributed by atoms with Crippen LogP contribution in [0.3, 0.4) is 0 Å². The Morgan fingerprint density at radius 2 is 2.26 bits per heavy atom. The van der Waals surface area contributed by atoms with Crippen molar-refractivity contribution in [3.63, 3.8) is 0 Å². The van der Waals surface area contributed by atoms with Crippen LogP contribution in [0.25, 0.3) is 0 Å². The van der Waals surface area contributed by atoms with E-state index in [-0.39, 0.29) is 0 Å². The van der Waals surface area contributed by atoms with Gasteiger partial charge in [-0.3, -0.25) is 4.90 Å². The van der Waals surface area contributed by atoms with E-state index in [2.05, 4.69) is 58.3 Å². The number of nitrogens with zero attached hydrogens (tertiary/aromatic N) is 1. The lowest BCUT2D eigenvalue weighted by Gasteiger charge is -2.26. The third kappa shape index (κ3) is 3.72. The van der Waals surface area contributed by atoms with Gasteiger partial charge < -0.3 is 5.32 Å². The van der Waals surface area contributed by atoms with Gasteiger partial charge in [0, 0.05) is 10.5 Å². The van der Waals surface area contributed by atoms with Gasteiger partial charge in [0.15, 0.2) is 0 Å². The molecule has 1 N–H and O–H groups in total. The lowest BCUT2D eigenvalue weighted by molar-refractivity contribution is 0.272. The minimum Gasteiger partial charge on any atom is -0.316 e. The Kier molecular flexibility index (Phi) is 5.70. The molecule has 0 spiro atoms. The normalized spacial score (nSPS) is 24.0. The molecule has 0 aliphatic carbocycles. The van der Waals surface area contributed by atoms with E-state index >= 15 is 0 Å². The maximum absolute atomic E-state index is 6.23. The van der Waals surface area contributed by atoms with Gasteiger partial charge in [-0.15, -0.1) is 0 Å². The van der Waals surface area contributed by atoms with Crippen LogP contribution in [0, 0.1) is 5.92 Å². The molecule has 1 saturated heterocycles. The second kappa shape index (κ2) is 7.07. The first kappa shape index (κ1) is 15.3. The molecule has 1 aliphatic heterocycles. The van der Waals surface area contributed by atoms with Gasteiger partial charge in [-0.05, 0) is 79.1 Å². The van der Waals surface area contributed by atoms with E-state index in [1.807, 2.05) is 0 Å². The first-order chi connectivity index (χ1) is 9.13. The Bertz CT molecular complexity index is 425. The van der Waals surface area contributed by atoms with Gasteiger partial charge in [0.25, 0.3) is 0 Å². The van der Waals surface area contributed by atoms with Crippen LogP contribution in [0.15, 0.2) is 22.7 Å². The highest BCUT2D eigenvalue weighted by Crippen LogP contribution is 2.37. The Morgan fingerprint density at radius 1 is 1.47 bits per heavy atom. The molecule has 1 heterocycles. The molecular formula is C15H22BrClN2. The highest BCUT2D eigenvalue weighted by molar-refractivity contribution is 9.10. The smallest absolute Gasteiger partial charge is 0.0551 e. The fourth-order valence-corrected chi connectivity index (χ4v) is 3.36. The molecular weight excluding hydrogens is 324 g/mol. The minimum atomic E-state index is 0.481. The van der Waals surface area contributed by atoms with E-state index in [9.17, 15) is 0 Å². The zero-order chi connectivity index (χ0) is 13.8. The Hall–Kier alpha value is -0.0900. The predicted molar refractivity (Wildman–Crippen MR) is 85.8 cm³/mol. The van der Waals surface area contributed by atoms with Crippen molar-refractivity contribution in [2.45, 2.75) is 25.8 Å². The van der Waals surface area contributed by atoms with Crippen molar-refractivity contribution in [2.75, 3.05) is 26.7 Å². The summed E-state index contributed by atoms with van der Waals surface area (Å²) in [5.41, 5.74) is 1.33. The molecule has 2 unspecified atom stereocenters. The van der Waals surface area contributed by atoms with Crippen molar-refractivity contribution in [1.82, 2.24) is 10.2 Å². The highest BCUT2D eigenvalue weighted by atomic mass is 79.9. The summed E-state index contributed by atoms with van der Waals surface area (Å²) in [5.74, 6) is 0.675. The number of likely N-dealkylation sites (tertiary alicyclic amines) is 1. The molecule has 1 aromatic rings. The fraction of sp³-hybridized carbons (Fsp3) is 0.600. The molecule has 1 aromatic carbocycles. The van der Waals surface area contributed by atoms with Gasteiger partial charge in [-0.25, -0.2) is 0 Å². The molecule has 106 valence electrons. The number of benzene rings is 1. The van der Waals surface area contributed by atoms with Gasteiger partial charge in [-0.1, -0.05) is 24.6 Å². The molecule has 0 amide bonds. The summed E-state index contributed by atoms with van der Waals surface area (Å²) in [7, 11) is 2.21. The molecule has 0 radical (unpaired) electrons. The van der Waals surface area contributed by atoms with Gasteiger partial charge in [0.05, 0.1) is 5.02 Å². The lowest BCUT2D eigenvalue weighted by Crippen LogP contribution is -2.28. The number of hydrogen-bond donors (Lipinski definition) is 1. The van der Waals surface area contributed by atoms with Crippen molar-refractivity contribution in [3.05, 3.63) is 33.3 Å². The van der Waals surface area contributed by atoms with Crippen LogP contribution in [-0.4, -0.2) is 31.6 Å². The quantitative estimate of drug-likeness (QED) is 0.808. The van der Waals surface area contributed by atoms with Crippen molar-refractivity contribution in [3.8, 4) is 0 Å². The van der Waals surface area contributed by atoms with Crippen molar-refractivity contribution in [1.29, 1.82) is 0 Å². The molecule has 1 aliphatic rings. The molecule has 19 heavy (non-hydrogen) atoms. The fourth-order valence-electron chi connectivity index (χ4n) is 2.93. The zero-order valence-electron chi connectivity index (χ0n) is 11.6. The SMILES string of the molecule is CCCNCC1CCN(C)C1c1ccc(Br)c(Cl)c1. The number of halogens is 2. The molecule has 4 heteroatoms. The van der Waals surface area contributed by atoms with E-state index < -0.39 is 0 Å². The summed E-state index contributed by atoms with van der Waals surface area (Å²) in [4.78, 5) is 2.44. The third-order valence-corrected chi connectivity index (χ3v) is 5.12. The standard InChI is InChI=1S/C15H22BrClN2/c1-3-7-18-10-12-6-8-19(2)15(12)11-4-5-13(16)14(17)9-11/h4-5,9,12,15,18H,3,6-8,10H2,1-2H3. The molecule has 2 rings (SSSR count). The Balaban J connectivity index is 2.11. The third-order valence-electron chi connectivity index (χ3n) is 3.89. The lowest BCUT2D eigenvalue weighted by atomic mass is 9.93. The average molecular weight is 346 g/mol. The summed E-state index contributed by atoms with van der Waals surface area (Å²) < 4.78 is 0.972. The zero-order valence-corrected chi connectivity index (χ0v) is 14.0. The monoisotopic (exact) mass is 344 g/mol. The largest absolute Gasteiger partial charge is 0.316 e. The van der Waals surface area contributed by atoms with Gasteiger partial charge in [0.2, 0.25) is 0 Å². The van der Waals surface area contributed by atoms with E-state index in [1.165, 1.54) is 18.4 Å². The molecule has 2 nitrogen and oxygen atoms in total. The van der Waals surface area contributed by atoms with E-state index in [0.717, 1.165) is 29.1 Å². The van der Waals surface area contributed by atoms with Crippen molar-refractivity contribution >= 4 is 27.5 Å². The first-order valence-electron chi connectivity index (χ1n) is 6.99. The predicted octanol–water partition coefficient (Wildman–Crippen LogP) is 4.09. The van der Waals surface area contributed by atoms with Gasteiger partial charge in [-0.2, -0.15) is 0 Å². The first-order valence-corrected chi connectivity index (χ1v) is 8.16. The summed E-state index contributed by atoms with van der Waals surface area (Å²) in [5, 5.41) is 4.36. The average Bonchev–Trinajstić information content (AvgIpc) is 2.75. The van der Waals surface area contributed by atoms with Crippen LogP contribution in [0.1, 0.15) is 31.4 Å². The summed E-state index contributed by atoms with van der Waals surface area (Å²) in [6, 6.07) is 6.83. The molecule has 0 saturated carbocycles. The molecule has 2 atom stereocenters. The molecule has 0 bridgehead atoms. The van der Waals surface area contributed by atoms with Crippen molar-refractivity contribution < 1.29 is 0 Å². The van der Waals surface area contributed by atoms with E-state index in [1.54, 1.807) is 0 Å².